The van der Waals surface area contributed by atoms with Gasteiger partial charge in [-0.05, 0) is 91.0 Å². The van der Waals surface area contributed by atoms with Crippen molar-refractivity contribution in [1.29, 1.82) is 0 Å². The lowest BCUT2D eigenvalue weighted by Gasteiger charge is -2.21. The molecule has 0 unspecified atom stereocenters. The highest BCUT2D eigenvalue weighted by Gasteiger charge is 2.27. The third-order valence-electron chi connectivity index (χ3n) is 4.56. The van der Waals surface area contributed by atoms with Gasteiger partial charge in [-0.2, -0.15) is 0 Å². The van der Waals surface area contributed by atoms with Crippen LogP contribution >= 0.6 is 0 Å². The average molecular weight is 364 g/mol. The number of aryl methyl sites for hydroxylation is 1. The van der Waals surface area contributed by atoms with Crippen molar-refractivity contribution in [1.82, 2.24) is 0 Å². The summed E-state index contributed by atoms with van der Waals surface area (Å²) in [5.41, 5.74) is 1.37. The van der Waals surface area contributed by atoms with Crippen LogP contribution in [0.2, 0.25) is 0 Å². The van der Waals surface area contributed by atoms with Crippen molar-refractivity contribution in [2.24, 2.45) is 10.8 Å². The fourth-order valence-electron chi connectivity index (χ4n) is 2.40. The molecule has 1 rings (SSSR count). The summed E-state index contributed by atoms with van der Waals surface area (Å²) >= 11 is 0. The lowest BCUT2D eigenvalue weighted by molar-refractivity contribution is -0.147. The molecular formula is C21H32O5. The van der Waals surface area contributed by atoms with Crippen molar-refractivity contribution < 1.29 is 24.2 Å². The van der Waals surface area contributed by atoms with Gasteiger partial charge in [-0.15, -0.1) is 0 Å². The normalized spacial score (nSPS) is 12.0. The minimum absolute atomic E-state index is 0.274. The highest BCUT2D eigenvalue weighted by Crippen LogP contribution is 2.34. The molecular weight excluding hydrogens is 332 g/mol. The summed E-state index contributed by atoms with van der Waals surface area (Å²) in [4.78, 5) is 23.3. The number of carboxylic acid groups (broad SMARTS) is 1. The molecule has 1 aromatic carbocycles. The molecule has 1 N–H and O–H groups in total. The molecule has 26 heavy (non-hydrogen) atoms. The van der Waals surface area contributed by atoms with Crippen LogP contribution in [0, 0.1) is 31.6 Å². The van der Waals surface area contributed by atoms with Crippen molar-refractivity contribution in [3.63, 3.8) is 0 Å². The number of carbonyl (C=O) groups excluding carboxylic acids is 1. The maximum atomic E-state index is 12.2. The highest BCUT2D eigenvalue weighted by molar-refractivity contribution is 5.78. The summed E-state index contributed by atoms with van der Waals surface area (Å²) in [7, 11) is 0. The number of carbonyl (C=O) groups is 2. The maximum Gasteiger partial charge on any atom is 0.316 e. The Bertz CT molecular complexity index is 681. The van der Waals surface area contributed by atoms with E-state index in [-0.39, 0.29) is 5.97 Å². The molecule has 0 radical (unpaired) electrons. The first kappa shape index (κ1) is 22.0. The Morgan fingerprint density at radius 3 is 2.12 bits per heavy atom. The molecule has 0 aromatic heterocycles. The van der Waals surface area contributed by atoms with Gasteiger partial charge in [0.15, 0.2) is 0 Å². The molecule has 1 aromatic rings. The van der Waals surface area contributed by atoms with Crippen molar-refractivity contribution in [3.8, 4) is 11.5 Å². The third-order valence-corrected chi connectivity index (χ3v) is 4.56. The van der Waals surface area contributed by atoms with Crippen LogP contribution in [-0.4, -0.2) is 23.7 Å². The van der Waals surface area contributed by atoms with E-state index in [1.165, 1.54) is 0 Å². The van der Waals surface area contributed by atoms with Crippen molar-refractivity contribution >= 4 is 11.9 Å². The number of hydrogen-bond acceptors (Lipinski definition) is 4. The third kappa shape index (κ3) is 5.48. The first-order chi connectivity index (χ1) is 11.8. The minimum atomic E-state index is -0.800. The van der Waals surface area contributed by atoms with Crippen molar-refractivity contribution in [2.45, 2.75) is 68.2 Å². The molecule has 0 saturated heterocycles. The van der Waals surface area contributed by atoms with E-state index in [0.29, 0.717) is 25.2 Å². The van der Waals surface area contributed by atoms with Crippen molar-refractivity contribution in [3.05, 3.63) is 22.8 Å². The van der Waals surface area contributed by atoms with E-state index >= 15 is 0 Å². The largest absolute Gasteiger partial charge is 0.493 e. The molecule has 146 valence electrons. The van der Waals surface area contributed by atoms with Gasteiger partial charge in [0.05, 0.1) is 17.4 Å². The van der Waals surface area contributed by atoms with E-state index < -0.39 is 16.8 Å². The summed E-state index contributed by atoms with van der Waals surface area (Å²) in [5, 5.41) is 9.16. The zero-order chi connectivity index (χ0) is 20.3. The molecule has 0 aliphatic heterocycles. The summed E-state index contributed by atoms with van der Waals surface area (Å²) < 4.78 is 11.5. The van der Waals surface area contributed by atoms with Crippen LogP contribution in [0.3, 0.4) is 0 Å². The predicted octanol–water partition coefficient (Wildman–Crippen LogP) is 4.83. The van der Waals surface area contributed by atoms with Gasteiger partial charge in [0.1, 0.15) is 11.5 Å². The first-order valence-corrected chi connectivity index (χ1v) is 8.96. The van der Waals surface area contributed by atoms with Crippen LogP contribution in [-0.2, 0) is 9.59 Å². The van der Waals surface area contributed by atoms with Gasteiger partial charge in [0.25, 0.3) is 0 Å². The quantitative estimate of drug-likeness (QED) is 0.426. The minimum Gasteiger partial charge on any atom is -0.493 e. The van der Waals surface area contributed by atoms with Crippen LogP contribution in [0.5, 0.6) is 11.5 Å². The lowest BCUT2D eigenvalue weighted by Crippen LogP contribution is -2.26. The summed E-state index contributed by atoms with van der Waals surface area (Å²) in [6, 6.07) is 1.82. The molecule has 0 aliphatic rings. The van der Waals surface area contributed by atoms with Gasteiger partial charge in [0, 0.05) is 0 Å². The lowest BCUT2D eigenvalue weighted by atomic mass is 9.88. The zero-order valence-corrected chi connectivity index (χ0v) is 17.3. The van der Waals surface area contributed by atoms with E-state index in [0.717, 1.165) is 22.4 Å². The molecule has 0 bridgehead atoms. The Labute approximate surface area is 156 Å². The Hall–Kier alpha value is -2.04. The fraction of sp³-hybridized carbons (Fsp3) is 0.619. The summed E-state index contributed by atoms with van der Waals surface area (Å²) in [5.74, 6) is 0.250. The van der Waals surface area contributed by atoms with Gasteiger partial charge < -0.3 is 14.6 Å². The second-order valence-electron chi connectivity index (χ2n) is 8.55. The number of carboxylic acids is 1. The second-order valence-corrected chi connectivity index (χ2v) is 8.55. The van der Waals surface area contributed by atoms with E-state index in [9.17, 15) is 9.59 Å². The molecule has 0 amide bonds. The zero-order valence-electron chi connectivity index (χ0n) is 17.3. The smallest absolute Gasteiger partial charge is 0.316 e. The number of esters is 1. The van der Waals surface area contributed by atoms with Crippen LogP contribution in [0.1, 0.15) is 64.2 Å². The number of benzene rings is 1. The Morgan fingerprint density at radius 2 is 1.62 bits per heavy atom. The average Bonchev–Trinajstić information content (AvgIpc) is 2.50. The molecule has 0 atom stereocenters. The first-order valence-electron chi connectivity index (χ1n) is 8.96. The fourth-order valence-corrected chi connectivity index (χ4v) is 2.40. The summed E-state index contributed by atoms with van der Waals surface area (Å²) in [6.45, 7) is 15.1. The van der Waals surface area contributed by atoms with Crippen LogP contribution < -0.4 is 9.47 Å². The second kappa shape index (κ2) is 8.11. The molecule has 0 saturated carbocycles. The predicted molar refractivity (Wildman–Crippen MR) is 102 cm³/mol. The van der Waals surface area contributed by atoms with E-state index in [1.54, 1.807) is 13.8 Å². The van der Waals surface area contributed by atoms with Crippen molar-refractivity contribution in [2.75, 3.05) is 6.61 Å². The SMILES string of the molecule is Cc1cc(OC(=O)C(C)(C)C)c(C)c(C)c1OCCCC(C)(C)C(=O)O. The maximum absolute atomic E-state index is 12.2. The number of hydrogen-bond donors (Lipinski definition) is 1. The topological polar surface area (TPSA) is 72.8 Å². The standard InChI is InChI=1S/C21H32O5/c1-13-12-16(26-19(24)20(4,5)6)14(2)15(3)17(13)25-11-9-10-21(7,8)18(22)23/h12H,9-11H2,1-8H3,(H,22,23). The Kier molecular flexibility index (Phi) is 6.86. The van der Waals surface area contributed by atoms with Crippen LogP contribution in [0.25, 0.3) is 0 Å². The van der Waals surface area contributed by atoms with E-state index in [4.69, 9.17) is 14.6 Å². The molecule has 0 spiro atoms. The molecule has 5 nitrogen and oxygen atoms in total. The Morgan fingerprint density at radius 1 is 1.04 bits per heavy atom. The monoisotopic (exact) mass is 364 g/mol. The van der Waals surface area contributed by atoms with E-state index in [1.807, 2.05) is 47.6 Å². The molecule has 0 fully saturated rings. The van der Waals surface area contributed by atoms with Gasteiger partial charge in [-0.25, -0.2) is 0 Å². The van der Waals surface area contributed by atoms with Gasteiger partial charge in [0.2, 0.25) is 0 Å². The van der Waals surface area contributed by atoms with E-state index in [2.05, 4.69) is 0 Å². The number of ether oxygens (including phenoxy) is 2. The molecule has 5 heteroatoms. The highest BCUT2D eigenvalue weighted by atomic mass is 16.5. The summed E-state index contributed by atoms with van der Waals surface area (Å²) in [6.07, 6.45) is 1.19. The molecule has 0 heterocycles. The molecule has 0 aliphatic carbocycles. The van der Waals surface area contributed by atoms with Crippen LogP contribution in [0.4, 0.5) is 0 Å². The number of aliphatic carboxylic acids is 1. The van der Waals surface area contributed by atoms with Gasteiger partial charge in [-0.1, -0.05) is 0 Å². The van der Waals surface area contributed by atoms with Gasteiger partial charge in [-0.3, -0.25) is 9.59 Å². The Balaban J connectivity index is 2.85. The van der Waals surface area contributed by atoms with Gasteiger partial charge >= 0.3 is 11.9 Å². The number of rotatable bonds is 7. The van der Waals surface area contributed by atoms with Crippen LogP contribution in [0.15, 0.2) is 6.07 Å².